The van der Waals surface area contributed by atoms with Gasteiger partial charge in [-0.3, -0.25) is 4.99 Å². The molecule has 0 aliphatic rings. The van der Waals surface area contributed by atoms with Gasteiger partial charge in [-0.1, -0.05) is 27.4 Å². The average Bonchev–Trinajstić information content (AvgIpc) is 2.66. The second kappa shape index (κ2) is 15.3. The second-order valence-electron chi connectivity index (χ2n) is 4.69. The quantitative estimate of drug-likeness (QED) is 0.420. The molecule has 0 aromatic heterocycles. The summed E-state index contributed by atoms with van der Waals surface area (Å²) in [7, 11) is 3.25. The summed E-state index contributed by atoms with van der Waals surface area (Å²) < 4.78 is 10.7. The smallest absolute Gasteiger partial charge is 0.161 e. The second-order valence-corrected chi connectivity index (χ2v) is 5.69. The summed E-state index contributed by atoms with van der Waals surface area (Å²) in [5.74, 6) is 1.37. The molecular formula is C21H34N2O2S. The highest BCUT2D eigenvalue weighted by Crippen LogP contribution is 2.31. The fourth-order valence-electron chi connectivity index (χ4n) is 1.82. The molecule has 5 heteroatoms. The van der Waals surface area contributed by atoms with Gasteiger partial charge in [0.05, 0.1) is 25.0 Å². The Hall–Kier alpha value is -2.01. The van der Waals surface area contributed by atoms with Crippen molar-refractivity contribution >= 4 is 28.2 Å². The minimum Gasteiger partial charge on any atom is -0.493 e. The molecule has 0 amide bonds. The first-order valence-electron chi connectivity index (χ1n) is 8.24. The van der Waals surface area contributed by atoms with Gasteiger partial charge in [0.1, 0.15) is 0 Å². The first kappa shape index (κ1) is 26.2. The zero-order chi connectivity index (χ0) is 19.2. The molecule has 1 rings (SSSR count). The number of aliphatic imine (C=N–C) groups is 2. The van der Waals surface area contributed by atoms with Crippen molar-refractivity contribution in [3.63, 3.8) is 0 Å². The Morgan fingerprint density at radius 2 is 1.69 bits per heavy atom. The van der Waals surface area contributed by atoms with E-state index in [1.54, 1.807) is 32.2 Å². The third-order valence-corrected chi connectivity index (χ3v) is 3.71. The van der Waals surface area contributed by atoms with Gasteiger partial charge < -0.3 is 9.47 Å². The summed E-state index contributed by atoms with van der Waals surface area (Å²) in [6.45, 7) is 9.87. The molecule has 1 aromatic carbocycles. The number of hydrogen-bond acceptors (Lipinski definition) is 5. The van der Waals surface area contributed by atoms with E-state index < -0.39 is 0 Å². The molecule has 0 bridgehead atoms. The van der Waals surface area contributed by atoms with Gasteiger partial charge >= 0.3 is 0 Å². The summed E-state index contributed by atoms with van der Waals surface area (Å²) in [6, 6.07) is 5.77. The molecule has 0 N–H and O–H groups in total. The van der Waals surface area contributed by atoms with Crippen LogP contribution in [0.3, 0.4) is 0 Å². The molecule has 0 saturated heterocycles. The Kier molecular flexibility index (Phi) is 15.4. The zero-order valence-electron chi connectivity index (χ0n) is 16.6. The average molecular weight is 379 g/mol. The molecule has 0 heterocycles. The number of ether oxygens (including phenoxy) is 2. The largest absolute Gasteiger partial charge is 0.493 e. The molecule has 0 fully saturated rings. The summed E-state index contributed by atoms with van der Waals surface area (Å²) >= 11 is 1.61. The van der Waals surface area contributed by atoms with Gasteiger partial charge in [0.25, 0.3) is 0 Å². The van der Waals surface area contributed by atoms with Crippen molar-refractivity contribution in [2.24, 2.45) is 9.98 Å². The number of rotatable bonds is 6. The maximum Gasteiger partial charge on any atom is 0.161 e. The van der Waals surface area contributed by atoms with Crippen molar-refractivity contribution < 1.29 is 9.47 Å². The molecule has 0 aliphatic carbocycles. The first-order chi connectivity index (χ1) is 12.0. The summed E-state index contributed by atoms with van der Waals surface area (Å²) in [4.78, 5) is 9.03. The van der Waals surface area contributed by atoms with Gasteiger partial charge in [0.2, 0.25) is 0 Å². The van der Waals surface area contributed by atoms with E-state index in [0.717, 1.165) is 22.0 Å². The number of nitrogens with zero attached hydrogens (tertiary/aromatic N) is 2. The molecule has 146 valence electrons. The zero-order valence-corrected chi connectivity index (χ0v) is 17.4. The van der Waals surface area contributed by atoms with Crippen LogP contribution in [-0.2, 0) is 0 Å². The number of benzene rings is 1. The van der Waals surface area contributed by atoms with E-state index in [4.69, 9.17) is 9.47 Å². The van der Waals surface area contributed by atoms with Gasteiger partial charge in [0, 0.05) is 17.5 Å². The van der Waals surface area contributed by atoms with E-state index in [9.17, 15) is 0 Å². The minimum absolute atomic E-state index is 0. The molecule has 4 nitrogen and oxygen atoms in total. The van der Waals surface area contributed by atoms with Crippen molar-refractivity contribution in [2.45, 2.75) is 42.0 Å². The normalized spacial score (nSPS) is 12.2. The summed E-state index contributed by atoms with van der Waals surface area (Å²) in [5.41, 5.74) is 2.67. The highest BCUT2D eigenvalue weighted by Gasteiger charge is 2.08. The van der Waals surface area contributed by atoms with Crippen LogP contribution < -0.4 is 9.47 Å². The standard InChI is InChI=1S/C18H24N2O2S.C2H6.CH4/c1-7-10-19-13(2)11-16(20-14(3)23-6)15-8-9-17(21-4)18(12-15)22-5;1-2;/h7-12H,1-6H3;1-2H3;1H4/b10-7-,16-11-,19-13-,20-14?;;. The lowest BCUT2D eigenvalue weighted by molar-refractivity contribution is 0.355. The lowest BCUT2D eigenvalue weighted by Crippen LogP contribution is -1.95. The lowest BCUT2D eigenvalue weighted by atomic mass is 10.1. The molecule has 0 saturated carbocycles. The number of hydrogen-bond donors (Lipinski definition) is 0. The van der Waals surface area contributed by atoms with Gasteiger partial charge in [-0.05, 0) is 51.3 Å². The van der Waals surface area contributed by atoms with Crippen molar-refractivity contribution in [1.82, 2.24) is 0 Å². The fraction of sp³-hybridized carbons (Fsp3) is 0.429. The Bertz CT molecular complexity index is 647. The van der Waals surface area contributed by atoms with Crippen LogP contribution in [0.25, 0.3) is 5.70 Å². The van der Waals surface area contributed by atoms with Crippen LogP contribution in [0.5, 0.6) is 11.5 Å². The van der Waals surface area contributed by atoms with E-state index >= 15 is 0 Å². The molecule has 1 aromatic rings. The monoisotopic (exact) mass is 378 g/mol. The van der Waals surface area contributed by atoms with E-state index in [1.165, 1.54) is 0 Å². The molecule has 26 heavy (non-hydrogen) atoms. The van der Waals surface area contributed by atoms with Crippen molar-refractivity contribution in [1.29, 1.82) is 0 Å². The van der Waals surface area contributed by atoms with Crippen molar-refractivity contribution in [2.75, 3.05) is 20.5 Å². The Balaban J connectivity index is 0. The van der Waals surface area contributed by atoms with Crippen LogP contribution in [0, 0.1) is 0 Å². The van der Waals surface area contributed by atoms with E-state index in [-0.39, 0.29) is 7.43 Å². The van der Waals surface area contributed by atoms with Crippen LogP contribution in [0.4, 0.5) is 0 Å². The van der Waals surface area contributed by atoms with Gasteiger partial charge in [0.15, 0.2) is 11.5 Å². The molecular weight excluding hydrogens is 344 g/mol. The lowest BCUT2D eigenvalue weighted by Gasteiger charge is -2.10. The molecule has 0 aliphatic heterocycles. The molecule has 0 radical (unpaired) electrons. The van der Waals surface area contributed by atoms with Gasteiger partial charge in [-0.2, -0.15) is 0 Å². The number of allylic oxidation sites excluding steroid dienone is 2. The summed E-state index contributed by atoms with van der Waals surface area (Å²) in [6.07, 6.45) is 7.62. The van der Waals surface area contributed by atoms with Crippen molar-refractivity contribution in [3.8, 4) is 11.5 Å². The van der Waals surface area contributed by atoms with Crippen LogP contribution in [-0.4, -0.2) is 31.2 Å². The first-order valence-corrected chi connectivity index (χ1v) is 9.47. The van der Waals surface area contributed by atoms with Crippen LogP contribution >= 0.6 is 11.8 Å². The maximum atomic E-state index is 5.38. The molecule has 0 spiro atoms. The van der Waals surface area contributed by atoms with Crippen LogP contribution in [0.15, 0.2) is 46.5 Å². The highest BCUT2D eigenvalue weighted by atomic mass is 32.2. The maximum absolute atomic E-state index is 5.38. The fourth-order valence-corrected chi connectivity index (χ4v) is 2.01. The van der Waals surface area contributed by atoms with E-state index in [1.807, 2.05) is 71.2 Å². The summed E-state index contributed by atoms with van der Waals surface area (Å²) in [5, 5.41) is 0.977. The Morgan fingerprint density at radius 1 is 1.08 bits per heavy atom. The SMILES string of the molecule is C.CC.C\C=C/N=C(C)\C=C(/N=C(C)SC)c1ccc(OC)c(OC)c1. The predicted molar refractivity (Wildman–Crippen MR) is 120 cm³/mol. The third-order valence-electron chi connectivity index (χ3n) is 3.03. The Morgan fingerprint density at radius 3 is 2.19 bits per heavy atom. The third kappa shape index (κ3) is 8.90. The number of methoxy groups -OCH3 is 2. The topological polar surface area (TPSA) is 43.2 Å². The molecule has 0 atom stereocenters. The minimum atomic E-state index is 0. The van der Waals surface area contributed by atoms with Crippen molar-refractivity contribution in [3.05, 3.63) is 42.1 Å². The van der Waals surface area contributed by atoms with Crippen LogP contribution in [0.2, 0.25) is 0 Å². The number of thioether (sulfide) groups is 1. The van der Waals surface area contributed by atoms with Gasteiger partial charge in [-0.15, -0.1) is 11.8 Å². The van der Waals surface area contributed by atoms with Crippen LogP contribution in [0.1, 0.15) is 47.6 Å². The van der Waals surface area contributed by atoms with E-state index in [2.05, 4.69) is 9.98 Å². The molecule has 0 unspecified atom stereocenters. The highest BCUT2D eigenvalue weighted by molar-refractivity contribution is 8.13. The Labute approximate surface area is 164 Å². The van der Waals surface area contributed by atoms with Gasteiger partial charge in [-0.25, -0.2) is 4.99 Å². The van der Waals surface area contributed by atoms with E-state index in [0.29, 0.717) is 11.5 Å². The predicted octanol–water partition coefficient (Wildman–Crippen LogP) is 6.48.